The van der Waals surface area contributed by atoms with Crippen LogP contribution in [0.2, 0.25) is 0 Å². The largest absolute Gasteiger partial charge is 0.457 e. The summed E-state index contributed by atoms with van der Waals surface area (Å²) in [5.41, 5.74) is 16.7. The topological polar surface area (TPSA) is 33.5 Å². The zero-order valence-electron chi connectivity index (χ0n) is 44.4. The molecule has 0 fully saturated rings. The first-order chi connectivity index (χ1) is 34.1. The monoisotopic (exact) mass is 953 g/mol. The number of fused-ring (bicyclic) bond motifs is 4. The quantitative estimate of drug-likeness (QED) is 0.144. The van der Waals surface area contributed by atoms with Crippen LogP contribution in [-0.4, -0.2) is 16.2 Å². The number of ether oxygens (including phenoxy) is 1. The lowest BCUT2D eigenvalue weighted by Gasteiger charge is -2.31. The number of nitrogens with zero attached hydrogens (tertiary/aromatic N) is 4. The molecule has 0 saturated heterocycles. The standard InChI is InChI=1S/C66H69FN4O/c1-41(2)44-30-45(42(3)4)32-46(31-44)57-36-49(66(11,12)13)35-56(43-22-24-50(67)25-23-43)63(57)70-40-69(59-20-16-17-21-60(59)70)51-33-48(65(8,9)10)34-53(38-51)72-52-26-27-55-54-18-14-15-19-58(54)71(61(55)39-52)62-37-47(28-29-68-62)64(5,6)7/h14-39,41-42H,40H2,1-13H3. The van der Waals surface area contributed by atoms with Crippen molar-refractivity contribution in [2.75, 3.05) is 16.5 Å². The third-order valence-electron chi connectivity index (χ3n) is 14.6. The molecule has 5 nitrogen and oxygen atoms in total. The van der Waals surface area contributed by atoms with E-state index in [4.69, 9.17) is 9.72 Å². The average Bonchev–Trinajstić information content (AvgIpc) is 3.89. The van der Waals surface area contributed by atoms with E-state index in [1.165, 1.54) is 38.8 Å². The van der Waals surface area contributed by atoms with Crippen molar-refractivity contribution in [3.8, 4) is 39.6 Å². The molecule has 72 heavy (non-hydrogen) atoms. The van der Waals surface area contributed by atoms with Crippen molar-refractivity contribution in [2.24, 2.45) is 0 Å². The average molecular weight is 953 g/mol. The van der Waals surface area contributed by atoms with Crippen LogP contribution in [0.1, 0.15) is 130 Å². The Morgan fingerprint density at radius 1 is 0.500 bits per heavy atom. The Balaban J connectivity index is 1.13. The summed E-state index contributed by atoms with van der Waals surface area (Å²) in [5.74, 6) is 2.83. The minimum atomic E-state index is -0.252. The summed E-state index contributed by atoms with van der Waals surface area (Å²) < 4.78 is 24.1. The van der Waals surface area contributed by atoms with Gasteiger partial charge in [0, 0.05) is 45.9 Å². The summed E-state index contributed by atoms with van der Waals surface area (Å²) >= 11 is 0. The van der Waals surface area contributed by atoms with Gasteiger partial charge in [0.15, 0.2) is 0 Å². The maximum atomic E-state index is 14.8. The molecule has 3 heterocycles. The highest BCUT2D eigenvalue weighted by Gasteiger charge is 2.34. The second-order valence-electron chi connectivity index (χ2n) is 23.6. The molecule has 0 spiro atoms. The summed E-state index contributed by atoms with van der Waals surface area (Å²) in [6.45, 7) is 30.0. The molecule has 366 valence electrons. The van der Waals surface area contributed by atoms with Gasteiger partial charge in [-0.2, -0.15) is 0 Å². The number of para-hydroxylation sites is 3. The summed E-state index contributed by atoms with van der Waals surface area (Å²) in [5, 5.41) is 2.31. The van der Waals surface area contributed by atoms with E-state index >= 15 is 0 Å². The molecule has 7 aromatic carbocycles. The SMILES string of the molecule is CC(C)c1cc(-c2cc(C(C)(C)C)cc(-c3ccc(F)cc3)c2N2CN(c3cc(Oc4ccc5c6ccccc6n(-c6cc(C(C)(C)C)ccn6)c5c4)cc(C(C)(C)C)c3)c3ccccc32)cc(C(C)C)c1. The first-order valence-corrected chi connectivity index (χ1v) is 25.7. The zero-order chi connectivity index (χ0) is 51.0. The van der Waals surface area contributed by atoms with E-state index < -0.39 is 0 Å². The first kappa shape index (κ1) is 48.4. The molecule has 0 amide bonds. The molecule has 0 atom stereocenters. The van der Waals surface area contributed by atoms with Gasteiger partial charge in [-0.3, -0.25) is 4.57 Å². The number of rotatable bonds is 9. The van der Waals surface area contributed by atoms with Crippen LogP contribution < -0.4 is 14.5 Å². The molecule has 1 aliphatic rings. The highest BCUT2D eigenvalue weighted by molar-refractivity contribution is 6.09. The third kappa shape index (κ3) is 9.17. The Kier molecular flexibility index (Phi) is 12.2. The highest BCUT2D eigenvalue weighted by atomic mass is 19.1. The van der Waals surface area contributed by atoms with Gasteiger partial charge in [0.1, 0.15) is 29.8 Å². The van der Waals surface area contributed by atoms with Crippen LogP contribution in [-0.2, 0) is 16.2 Å². The van der Waals surface area contributed by atoms with Crippen LogP contribution >= 0.6 is 0 Å². The van der Waals surface area contributed by atoms with Gasteiger partial charge in [-0.15, -0.1) is 0 Å². The predicted molar refractivity (Wildman–Crippen MR) is 302 cm³/mol. The van der Waals surface area contributed by atoms with Crippen molar-refractivity contribution in [2.45, 2.75) is 118 Å². The Hall–Kier alpha value is -7.18. The maximum Gasteiger partial charge on any atom is 0.137 e. The Morgan fingerprint density at radius 3 is 1.72 bits per heavy atom. The van der Waals surface area contributed by atoms with Gasteiger partial charge in [0.2, 0.25) is 0 Å². The Labute approximate surface area is 427 Å². The highest BCUT2D eigenvalue weighted by Crippen LogP contribution is 2.52. The molecule has 0 aliphatic carbocycles. The van der Waals surface area contributed by atoms with Crippen molar-refractivity contribution in [3.63, 3.8) is 0 Å². The van der Waals surface area contributed by atoms with Crippen molar-refractivity contribution in [1.82, 2.24) is 9.55 Å². The van der Waals surface area contributed by atoms with E-state index in [2.05, 4.69) is 232 Å². The van der Waals surface area contributed by atoms with E-state index in [-0.39, 0.29) is 22.1 Å². The number of hydrogen-bond acceptors (Lipinski definition) is 4. The molecular formula is C66H69FN4O. The van der Waals surface area contributed by atoms with E-state index in [1.807, 2.05) is 18.3 Å². The van der Waals surface area contributed by atoms with E-state index in [1.54, 1.807) is 12.1 Å². The molecule has 6 heteroatoms. The van der Waals surface area contributed by atoms with Crippen LogP contribution in [0.5, 0.6) is 11.5 Å². The van der Waals surface area contributed by atoms with Crippen LogP contribution in [0.15, 0.2) is 158 Å². The summed E-state index contributed by atoms with van der Waals surface area (Å²) in [6.07, 6.45) is 1.92. The number of aromatic nitrogens is 2. The predicted octanol–water partition coefficient (Wildman–Crippen LogP) is 18.8. The van der Waals surface area contributed by atoms with E-state index in [9.17, 15) is 4.39 Å². The van der Waals surface area contributed by atoms with Gasteiger partial charge in [-0.05, 0) is 146 Å². The molecule has 1 aliphatic heterocycles. The van der Waals surface area contributed by atoms with Crippen LogP contribution in [0.25, 0.3) is 49.9 Å². The zero-order valence-corrected chi connectivity index (χ0v) is 44.4. The summed E-state index contributed by atoms with van der Waals surface area (Å²) in [4.78, 5) is 9.83. The lowest BCUT2D eigenvalue weighted by atomic mass is 9.81. The second-order valence-corrected chi connectivity index (χ2v) is 23.6. The molecule has 0 N–H and O–H groups in total. The smallest absolute Gasteiger partial charge is 0.137 e. The lowest BCUT2D eigenvalue weighted by molar-refractivity contribution is 0.479. The van der Waals surface area contributed by atoms with E-state index in [0.29, 0.717) is 18.5 Å². The molecule has 0 saturated carbocycles. The van der Waals surface area contributed by atoms with Crippen molar-refractivity contribution >= 4 is 44.6 Å². The molecule has 0 bridgehead atoms. The van der Waals surface area contributed by atoms with Gasteiger partial charge in [-0.1, -0.05) is 151 Å². The van der Waals surface area contributed by atoms with Gasteiger partial charge < -0.3 is 14.5 Å². The minimum Gasteiger partial charge on any atom is -0.457 e. The molecular weight excluding hydrogens is 884 g/mol. The minimum absolute atomic E-state index is 0.0333. The number of halogens is 1. The fourth-order valence-electron chi connectivity index (χ4n) is 10.2. The number of benzene rings is 7. The lowest BCUT2D eigenvalue weighted by Crippen LogP contribution is -2.26. The normalized spacial score (nSPS) is 13.3. The number of pyridine rings is 1. The van der Waals surface area contributed by atoms with Crippen LogP contribution in [0.3, 0.4) is 0 Å². The first-order valence-electron chi connectivity index (χ1n) is 25.7. The van der Waals surface area contributed by atoms with Gasteiger partial charge in [-0.25, -0.2) is 9.37 Å². The third-order valence-corrected chi connectivity index (χ3v) is 14.6. The second kappa shape index (κ2) is 18.1. The molecule has 10 rings (SSSR count). The number of hydrogen-bond donors (Lipinski definition) is 0. The molecule has 2 aromatic heterocycles. The molecule has 0 radical (unpaired) electrons. The summed E-state index contributed by atoms with van der Waals surface area (Å²) in [6, 6.07) is 53.7. The maximum absolute atomic E-state index is 14.8. The van der Waals surface area contributed by atoms with Gasteiger partial charge >= 0.3 is 0 Å². The van der Waals surface area contributed by atoms with Crippen molar-refractivity contribution in [1.29, 1.82) is 0 Å². The number of anilines is 4. The van der Waals surface area contributed by atoms with Crippen molar-refractivity contribution < 1.29 is 9.13 Å². The van der Waals surface area contributed by atoms with Gasteiger partial charge in [0.05, 0.1) is 28.1 Å². The fourth-order valence-corrected chi connectivity index (χ4v) is 10.2. The van der Waals surface area contributed by atoms with E-state index in [0.717, 1.165) is 73.2 Å². The summed E-state index contributed by atoms with van der Waals surface area (Å²) in [7, 11) is 0. The van der Waals surface area contributed by atoms with Crippen LogP contribution in [0, 0.1) is 5.82 Å². The van der Waals surface area contributed by atoms with Crippen molar-refractivity contribution in [3.05, 3.63) is 191 Å². The van der Waals surface area contributed by atoms with Crippen LogP contribution in [0.4, 0.5) is 27.1 Å². The molecule has 0 unspecified atom stereocenters. The Bertz CT molecular complexity index is 3480. The molecule has 9 aromatic rings. The Morgan fingerprint density at radius 2 is 1.08 bits per heavy atom. The fraction of sp³-hybridized carbons (Fsp3) is 0.288. The van der Waals surface area contributed by atoms with Gasteiger partial charge in [0.25, 0.3) is 0 Å².